The average molecular weight is 257 g/mol. The summed E-state index contributed by atoms with van der Waals surface area (Å²) in [4.78, 5) is 4.98. The van der Waals surface area contributed by atoms with Gasteiger partial charge in [0.2, 0.25) is 0 Å². The van der Waals surface area contributed by atoms with Crippen LogP contribution < -0.4 is 5.73 Å². The number of hydrogen-bond donors (Lipinski definition) is 1. The molecule has 1 aromatic carbocycles. The molecule has 2 aromatic heterocycles. The van der Waals surface area contributed by atoms with Gasteiger partial charge in [-0.25, -0.2) is 0 Å². The molecular weight excluding hydrogens is 246 g/mol. The number of anilines is 1. The molecule has 2 heterocycles. The maximum absolute atomic E-state index is 5.93. The lowest BCUT2D eigenvalue weighted by Crippen LogP contribution is -1.90. The lowest BCUT2D eigenvalue weighted by atomic mass is 10.0. The number of aromatic nitrogens is 2. The van der Waals surface area contributed by atoms with Crippen LogP contribution >= 0.6 is 11.3 Å². The summed E-state index contributed by atoms with van der Waals surface area (Å²) in [6, 6.07) is 8.03. The summed E-state index contributed by atoms with van der Waals surface area (Å²) in [7, 11) is 0. The van der Waals surface area contributed by atoms with Crippen LogP contribution in [0.15, 0.2) is 40.5 Å². The Morgan fingerprint density at radius 3 is 2.83 bits per heavy atom. The molecule has 0 aliphatic heterocycles. The molecule has 0 radical (unpaired) electrons. The smallest absolute Gasteiger partial charge is 0.188 e. The standard InChI is InChI=1S/C13H11N3OS/c1-8-4-2-3-5-9(8)11-12(17-16-13(11)14)10-6-15-7-18-10/h2-7H,1H3,(H2,14,16). The van der Waals surface area contributed by atoms with Crippen LogP contribution in [0.4, 0.5) is 5.82 Å². The highest BCUT2D eigenvalue weighted by molar-refractivity contribution is 7.13. The van der Waals surface area contributed by atoms with Gasteiger partial charge in [0, 0.05) is 6.20 Å². The van der Waals surface area contributed by atoms with Gasteiger partial charge in [-0.1, -0.05) is 29.4 Å². The second kappa shape index (κ2) is 4.27. The van der Waals surface area contributed by atoms with Crippen molar-refractivity contribution < 1.29 is 4.52 Å². The maximum Gasteiger partial charge on any atom is 0.188 e. The molecule has 3 aromatic rings. The average Bonchev–Trinajstić information content (AvgIpc) is 2.99. The van der Waals surface area contributed by atoms with Gasteiger partial charge in [0.05, 0.1) is 16.0 Å². The van der Waals surface area contributed by atoms with Gasteiger partial charge in [-0.05, 0) is 18.1 Å². The summed E-state index contributed by atoms with van der Waals surface area (Å²) in [6.45, 7) is 2.04. The molecule has 0 spiro atoms. The van der Waals surface area contributed by atoms with Crippen molar-refractivity contribution in [1.82, 2.24) is 10.1 Å². The quantitative estimate of drug-likeness (QED) is 0.764. The third-order valence-electron chi connectivity index (χ3n) is 2.79. The summed E-state index contributed by atoms with van der Waals surface area (Å²) in [6.07, 6.45) is 1.76. The predicted molar refractivity (Wildman–Crippen MR) is 72.2 cm³/mol. The van der Waals surface area contributed by atoms with E-state index in [0.29, 0.717) is 11.6 Å². The zero-order chi connectivity index (χ0) is 12.5. The van der Waals surface area contributed by atoms with Crippen molar-refractivity contribution >= 4 is 17.2 Å². The molecule has 2 N–H and O–H groups in total. The van der Waals surface area contributed by atoms with Crippen molar-refractivity contribution in [2.75, 3.05) is 5.73 Å². The van der Waals surface area contributed by atoms with Crippen LogP contribution in [0.25, 0.3) is 21.8 Å². The van der Waals surface area contributed by atoms with Crippen LogP contribution in [-0.2, 0) is 0 Å². The lowest BCUT2D eigenvalue weighted by Gasteiger charge is -2.04. The van der Waals surface area contributed by atoms with Gasteiger partial charge in [-0.3, -0.25) is 4.98 Å². The minimum atomic E-state index is 0.410. The highest BCUT2D eigenvalue weighted by Crippen LogP contribution is 2.39. The Morgan fingerprint density at radius 2 is 2.11 bits per heavy atom. The minimum absolute atomic E-state index is 0.410. The largest absolute Gasteiger partial charge is 0.380 e. The van der Waals surface area contributed by atoms with E-state index in [1.807, 2.05) is 31.2 Å². The van der Waals surface area contributed by atoms with Crippen molar-refractivity contribution in [2.24, 2.45) is 0 Å². The van der Waals surface area contributed by atoms with E-state index in [1.54, 1.807) is 11.7 Å². The number of benzene rings is 1. The number of rotatable bonds is 2. The monoisotopic (exact) mass is 257 g/mol. The first kappa shape index (κ1) is 11.0. The summed E-state index contributed by atoms with van der Waals surface area (Å²) >= 11 is 1.50. The molecule has 0 atom stereocenters. The highest BCUT2D eigenvalue weighted by Gasteiger charge is 2.19. The van der Waals surface area contributed by atoms with Crippen LogP contribution in [0.5, 0.6) is 0 Å². The van der Waals surface area contributed by atoms with Crippen molar-refractivity contribution in [3.8, 4) is 21.8 Å². The fourth-order valence-corrected chi connectivity index (χ4v) is 2.52. The van der Waals surface area contributed by atoms with Gasteiger partial charge in [-0.2, -0.15) is 0 Å². The van der Waals surface area contributed by atoms with E-state index in [-0.39, 0.29) is 0 Å². The summed E-state index contributed by atoms with van der Waals surface area (Å²) in [5.74, 6) is 1.09. The van der Waals surface area contributed by atoms with E-state index in [0.717, 1.165) is 21.6 Å². The number of aryl methyl sites for hydroxylation is 1. The molecule has 4 nitrogen and oxygen atoms in total. The Bertz CT molecular complexity index is 673. The Labute approximate surface area is 108 Å². The minimum Gasteiger partial charge on any atom is -0.380 e. The molecule has 0 saturated carbocycles. The summed E-state index contributed by atoms with van der Waals surface area (Å²) < 4.78 is 5.34. The number of nitrogens with two attached hydrogens (primary N) is 1. The van der Waals surface area contributed by atoms with Crippen molar-refractivity contribution in [3.63, 3.8) is 0 Å². The van der Waals surface area contributed by atoms with E-state index in [1.165, 1.54) is 11.3 Å². The Balaban J connectivity index is 2.24. The third-order valence-corrected chi connectivity index (χ3v) is 3.56. The molecule has 5 heteroatoms. The van der Waals surface area contributed by atoms with Gasteiger partial charge in [-0.15, -0.1) is 11.3 Å². The predicted octanol–water partition coefficient (Wildman–Crippen LogP) is 3.36. The fraction of sp³-hybridized carbons (Fsp3) is 0.0769. The molecule has 0 amide bonds. The zero-order valence-corrected chi connectivity index (χ0v) is 10.6. The first-order valence-electron chi connectivity index (χ1n) is 5.47. The molecule has 18 heavy (non-hydrogen) atoms. The zero-order valence-electron chi connectivity index (χ0n) is 9.75. The molecule has 90 valence electrons. The van der Waals surface area contributed by atoms with E-state index in [2.05, 4.69) is 10.1 Å². The number of hydrogen-bond acceptors (Lipinski definition) is 5. The summed E-state index contributed by atoms with van der Waals surface area (Å²) in [5.41, 5.74) is 10.7. The van der Waals surface area contributed by atoms with E-state index < -0.39 is 0 Å². The second-order valence-corrected chi connectivity index (χ2v) is 4.84. The van der Waals surface area contributed by atoms with Crippen LogP contribution in [0.2, 0.25) is 0 Å². The van der Waals surface area contributed by atoms with Crippen LogP contribution in [-0.4, -0.2) is 10.1 Å². The maximum atomic E-state index is 5.93. The number of nitrogen functional groups attached to an aromatic ring is 1. The molecule has 0 saturated heterocycles. The van der Waals surface area contributed by atoms with Gasteiger partial charge in [0.15, 0.2) is 11.6 Å². The van der Waals surface area contributed by atoms with E-state index in [4.69, 9.17) is 10.3 Å². The summed E-state index contributed by atoms with van der Waals surface area (Å²) in [5, 5.41) is 3.87. The molecule has 0 fully saturated rings. The highest BCUT2D eigenvalue weighted by atomic mass is 32.1. The third kappa shape index (κ3) is 1.69. The fourth-order valence-electron chi connectivity index (χ4n) is 1.91. The first-order chi connectivity index (χ1) is 8.77. The van der Waals surface area contributed by atoms with E-state index in [9.17, 15) is 0 Å². The SMILES string of the molecule is Cc1ccccc1-c1c(N)noc1-c1cncs1. The van der Waals surface area contributed by atoms with Crippen LogP contribution in [0.1, 0.15) is 5.56 Å². The lowest BCUT2D eigenvalue weighted by molar-refractivity contribution is 0.437. The second-order valence-electron chi connectivity index (χ2n) is 3.95. The molecule has 0 aliphatic carbocycles. The molecule has 0 aliphatic rings. The van der Waals surface area contributed by atoms with Gasteiger partial charge < -0.3 is 10.3 Å². The number of thiazole rings is 1. The van der Waals surface area contributed by atoms with Crippen LogP contribution in [0.3, 0.4) is 0 Å². The van der Waals surface area contributed by atoms with Crippen molar-refractivity contribution in [2.45, 2.75) is 6.92 Å². The van der Waals surface area contributed by atoms with E-state index >= 15 is 0 Å². The van der Waals surface area contributed by atoms with Gasteiger partial charge in [0.1, 0.15) is 0 Å². The van der Waals surface area contributed by atoms with Gasteiger partial charge in [0.25, 0.3) is 0 Å². The topological polar surface area (TPSA) is 64.9 Å². The molecule has 0 unspecified atom stereocenters. The molecule has 0 bridgehead atoms. The van der Waals surface area contributed by atoms with Crippen molar-refractivity contribution in [3.05, 3.63) is 41.5 Å². The normalized spacial score (nSPS) is 10.7. The molecule has 3 rings (SSSR count). The Morgan fingerprint density at radius 1 is 1.28 bits per heavy atom. The molecular formula is C13H11N3OS. The van der Waals surface area contributed by atoms with Crippen molar-refractivity contribution in [1.29, 1.82) is 0 Å². The van der Waals surface area contributed by atoms with Gasteiger partial charge >= 0.3 is 0 Å². The Kier molecular flexibility index (Phi) is 2.60. The number of nitrogens with zero attached hydrogens (tertiary/aromatic N) is 2. The Hall–Kier alpha value is -2.14. The van der Waals surface area contributed by atoms with Crippen LogP contribution in [0, 0.1) is 6.92 Å². The first-order valence-corrected chi connectivity index (χ1v) is 6.35.